The molecule has 0 spiro atoms. The molecule has 0 aliphatic heterocycles. The normalized spacial score (nSPS) is 11.8. The highest BCUT2D eigenvalue weighted by molar-refractivity contribution is 14.0. The molecule has 2 aromatic rings. The van der Waals surface area contributed by atoms with Gasteiger partial charge in [-0.05, 0) is 23.8 Å². The van der Waals surface area contributed by atoms with Crippen molar-refractivity contribution >= 4 is 47.4 Å². The highest BCUT2D eigenvalue weighted by Crippen LogP contribution is 2.30. The van der Waals surface area contributed by atoms with Gasteiger partial charge in [-0.25, -0.2) is 9.98 Å². The lowest BCUT2D eigenvalue weighted by Gasteiger charge is -2.16. The molecule has 5 nitrogen and oxygen atoms in total. The van der Waals surface area contributed by atoms with E-state index in [2.05, 4.69) is 42.1 Å². The first-order valence-corrected chi connectivity index (χ1v) is 8.97. The van der Waals surface area contributed by atoms with E-state index < -0.39 is 0 Å². The number of methoxy groups -OCH3 is 1. The molecule has 0 aliphatic carbocycles. The molecule has 2 rings (SSSR count). The molecule has 0 unspecified atom stereocenters. The summed E-state index contributed by atoms with van der Waals surface area (Å²) >= 11 is 1.74. The molecular weight excluding hydrogens is 459 g/mol. The number of guanidine groups is 1. The molecule has 0 atom stereocenters. The van der Waals surface area contributed by atoms with E-state index in [0.29, 0.717) is 19.1 Å². The number of hydrogen-bond donors (Lipinski definition) is 2. The Morgan fingerprint density at radius 2 is 2.00 bits per heavy atom. The SMILES string of the molecule is COCc1ccccc1NC(N)=NCc1ccnc(SC(C)(C)C)c1.I. The van der Waals surface area contributed by atoms with Crippen LogP contribution in [-0.4, -0.2) is 22.8 Å². The lowest BCUT2D eigenvalue weighted by Crippen LogP contribution is -2.23. The standard InChI is InChI=1S/C19H26N4OS.HI/c1-19(2,3)25-17-11-14(9-10-21-17)12-22-18(20)23-16-8-6-5-7-15(16)13-24-4;/h5-11H,12-13H2,1-4H3,(H3,20,22,23);1H. The van der Waals surface area contributed by atoms with E-state index in [1.807, 2.05) is 36.5 Å². The van der Waals surface area contributed by atoms with Gasteiger partial charge < -0.3 is 15.8 Å². The van der Waals surface area contributed by atoms with Crippen LogP contribution in [-0.2, 0) is 17.9 Å². The Morgan fingerprint density at radius 1 is 1.27 bits per heavy atom. The van der Waals surface area contributed by atoms with E-state index in [4.69, 9.17) is 10.5 Å². The quantitative estimate of drug-likeness (QED) is 0.269. The van der Waals surface area contributed by atoms with Crippen LogP contribution in [0.15, 0.2) is 52.6 Å². The fourth-order valence-corrected chi connectivity index (χ4v) is 3.15. The number of halogens is 1. The Morgan fingerprint density at radius 3 is 2.69 bits per heavy atom. The van der Waals surface area contributed by atoms with Crippen LogP contribution in [0.1, 0.15) is 31.9 Å². The lowest BCUT2D eigenvalue weighted by atomic mass is 10.2. The molecule has 0 fully saturated rings. The molecule has 0 saturated carbocycles. The monoisotopic (exact) mass is 486 g/mol. The highest BCUT2D eigenvalue weighted by Gasteiger charge is 2.13. The van der Waals surface area contributed by atoms with Gasteiger partial charge in [0.05, 0.1) is 18.2 Å². The van der Waals surface area contributed by atoms with Crippen molar-refractivity contribution in [2.24, 2.45) is 10.7 Å². The van der Waals surface area contributed by atoms with Crippen molar-refractivity contribution in [1.82, 2.24) is 4.98 Å². The first-order chi connectivity index (χ1) is 11.9. The molecule has 0 aliphatic rings. The summed E-state index contributed by atoms with van der Waals surface area (Å²) in [6, 6.07) is 11.9. The maximum absolute atomic E-state index is 6.04. The summed E-state index contributed by atoms with van der Waals surface area (Å²) in [5.41, 5.74) is 9.06. The summed E-state index contributed by atoms with van der Waals surface area (Å²) < 4.78 is 5.33. The van der Waals surface area contributed by atoms with Gasteiger partial charge in [-0.1, -0.05) is 39.0 Å². The predicted octanol–water partition coefficient (Wildman–Crippen LogP) is 4.66. The number of benzene rings is 1. The van der Waals surface area contributed by atoms with E-state index in [-0.39, 0.29) is 28.7 Å². The molecule has 7 heteroatoms. The molecule has 0 bridgehead atoms. The van der Waals surface area contributed by atoms with Gasteiger partial charge in [0.25, 0.3) is 0 Å². The molecule has 0 amide bonds. The van der Waals surface area contributed by atoms with Gasteiger partial charge in [0.2, 0.25) is 0 Å². The van der Waals surface area contributed by atoms with E-state index >= 15 is 0 Å². The lowest BCUT2D eigenvalue weighted by molar-refractivity contribution is 0.185. The maximum atomic E-state index is 6.04. The number of nitrogens with two attached hydrogens (primary N) is 1. The number of pyridine rings is 1. The number of ether oxygens (including phenoxy) is 1. The molecule has 1 aromatic carbocycles. The summed E-state index contributed by atoms with van der Waals surface area (Å²) in [6.45, 7) is 7.54. The van der Waals surface area contributed by atoms with Gasteiger partial charge in [0.1, 0.15) is 0 Å². The summed E-state index contributed by atoms with van der Waals surface area (Å²) in [7, 11) is 1.67. The number of rotatable bonds is 6. The number of aromatic nitrogens is 1. The van der Waals surface area contributed by atoms with Crippen LogP contribution in [0.4, 0.5) is 5.69 Å². The number of aliphatic imine (C=N–C) groups is 1. The molecular formula is C19H27IN4OS. The summed E-state index contributed by atoms with van der Waals surface area (Å²) in [6.07, 6.45) is 1.82. The molecule has 142 valence electrons. The molecule has 0 saturated heterocycles. The van der Waals surface area contributed by atoms with Crippen molar-refractivity contribution in [2.45, 2.75) is 43.7 Å². The fourth-order valence-electron chi connectivity index (χ4n) is 2.20. The average Bonchev–Trinajstić information content (AvgIpc) is 2.54. The zero-order valence-corrected chi connectivity index (χ0v) is 18.8. The van der Waals surface area contributed by atoms with E-state index in [1.54, 1.807) is 18.9 Å². The van der Waals surface area contributed by atoms with Crippen molar-refractivity contribution in [1.29, 1.82) is 0 Å². The van der Waals surface area contributed by atoms with Crippen LogP contribution in [0.25, 0.3) is 0 Å². The third-order valence-corrected chi connectivity index (χ3v) is 4.27. The minimum atomic E-state index is 0. The first-order valence-electron chi connectivity index (χ1n) is 8.15. The molecule has 3 N–H and O–H groups in total. The minimum Gasteiger partial charge on any atom is -0.380 e. The van der Waals surface area contributed by atoms with Gasteiger partial charge in [0, 0.05) is 29.3 Å². The van der Waals surface area contributed by atoms with Crippen molar-refractivity contribution in [3.05, 3.63) is 53.7 Å². The Bertz CT molecular complexity index is 731. The van der Waals surface area contributed by atoms with Gasteiger partial charge in [0.15, 0.2) is 5.96 Å². The van der Waals surface area contributed by atoms with Gasteiger partial charge in [-0.15, -0.1) is 35.7 Å². The first kappa shape index (κ1) is 22.7. The van der Waals surface area contributed by atoms with Crippen molar-refractivity contribution in [3.8, 4) is 0 Å². The van der Waals surface area contributed by atoms with Gasteiger partial charge >= 0.3 is 0 Å². The molecule has 1 heterocycles. The minimum absolute atomic E-state index is 0. The van der Waals surface area contributed by atoms with Crippen LogP contribution in [0.3, 0.4) is 0 Å². The van der Waals surface area contributed by atoms with E-state index in [1.165, 1.54) is 0 Å². The van der Waals surface area contributed by atoms with Crippen LogP contribution in [0, 0.1) is 0 Å². The maximum Gasteiger partial charge on any atom is 0.193 e. The van der Waals surface area contributed by atoms with Crippen molar-refractivity contribution < 1.29 is 4.74 Å². The van der Waals surface area contributed by atoms with Crippen LogP contribution in [0.5, 0.6) is 0 Å². The second-order valence-electron chi connectivity index (χ2n) is 6.63. The Balaban J connectivity index is 0.00000338. The van der Waals surface area contributed by atoms with Crippen molar-refractivity contribution in [2.75, 3.05) is 12.4 Å². The Hall–Kier alpha value is -1.32. The largest absolute Gasteiger partial charge is 0.380 e. The molecule has 1 aromatic heterocycles. The van der Waals surface area contributed by atoms with Gasteiger partial charge in [-0.3, -0.25) is 0 Å². The number of nitrogens with one attached hydrogen (secondary N) is 1. The van der Waals surface area contributed by atoms with Gasteiger partial charge in [-0.2, -0.15) is 0 Å². The van der Waals surface area contributed by atoms with Crippen LogP contribution >= 0.6 is 35.7 Å². The second-order valence-corrected chi connectivity index (χ2v) is 8.48. The number of hydrogen-bond acceptors (Lipinski definition) is 4. The molecule has 26 heavy (non-hydrogen) atoms. The summed E-state index contributed by atoms with van der Waals surface area (Å²) in [5.74, 6) is 0.380. The van der Waals surface area contributed by atoms with Crippen molar-refractivity contribution in [3.63, 3.8) is 0 Å². The van der Waals surface area contributed by atoms with Crippen LogP contribution < -0.4 is 11.1 Å². The second kappa shape index (κ2) is 10.7. The number of para-hydroxylation sites is 1. The topological polar surface area (TPSA) is 72.5 Å². The zero-order valence-electron chi connectivity index (χ0n) is 15.7. The average molecular weight is 486 g/mol. The van der Waals surface area contributed by atoms with E-state index in [0.717, 1.165) is 21.8 Å². The number of nitrogens with zero attached hydrogens (tertiary/aromatic N) is 2. The van der Waals surface area contributed by atoms with Crippen LogP contribution in [0.2, 0.25) is 0 Å². The third kappa shape index (κ3) is 7.92. The molecule has 0 radical (unpaired) electrons. The fraction of sp³-hybridized carbons (Fsp3) is 0.368. The summed E-state index contributed by atoms with van der Waals surface area (Å²) in [4.78, 5) is 8.84. The number of thioether (sulfide) groups is 1. The summed E-state index contributed by atoms with van der Waals surface area (Å²) in [5, 5.41) is 4.14. The smallest absolute Gasteiger partial charge is 0.193 e. The Labute approximate surface area is 177 Å². The third-order valence-electron chi connectivity index (χ3n) is 3.22. The zero-order chi connectivity index (χ0) is 18.3. The predicted molar refractivity (Wildman–Crippen MR) is 121 cm³/mol. The Kier molecular flexibility index (Phi) is 9.38. The van der Waals surface area contributed by atoms with E-state index in [9.17, 15) is 0 Å². The highest BCUT2D eigenvalue weighted by atomic mass is 127. The number of anilines is 1.